The summed E-state index contributed by atoms with van der Waals surface area (Å²) >= 11 is 0. The maximum atomic E-state index is 10.5. The van der Waals surface area contributed by atoms with E-state index in [0.29, 0.717) is 44.7 Å². The summed E-state index contributed by atoms with van der Waals surface area (Å²) in [4.78, 5) is 6.29. The summed E-state index contributed by atoms with van der Waals surface area (Å²) in [6, 6.07) is 3.78. The van der Waals surface area contributed by atoms with Gasteiger partial charge in [-0.15, -0.1) is 0 Å². The van der Waals surface area contributed by atoms with E-state index in [-0.39, 0.29) is 0 Å². The second-order valence-corrected chi connectivity index (χ2v) is 5.56. The largest absolute Gasteiger partial charge is 0.388 e. The lowest BCUT2D eigenvalue weighted by atomic mass is 9.94. The van der Waals surface area contributed by atoms with E-state index in [4.69, 9.17) is 4.74 Å². The molecule has 2 N–H and O–H groups in total. The smallest absolute Gasteiger partial charge is 0.0957 e. The zero-order chi connectivity index (χ0) is 14.6. The van der Waals surface area contributed by atoms with Crippen LogP contribution in [0.1, 0.15) is 38.0 Å². The summed E-state index contributed by atoms with van der Waals surface area (Å²) in [6.07, 6.45) is 3.22. The molecule has 0 aromatic carbocycles. The summed E-state index contributed by atoms with van der Waals surface area (Å²) in [5.74, 6) is 0. The Kier molecular flexibility index (Phi) is 4.96. The van der Waals surface area contributed by atoms with Crippen molar-refractivity contribution in [1.29, 1.82) is 0 Å². The van der Waals surface area contributed by atoms with E-state index in [0.717, 1.165) is 5.69 Å². The molecule has 0 aliphatic carbocycles. The van der Waals surface area contributed by atoms with Crippen LogP contribution in [0.15, 0.2) is 18.3 Å². The zero-order valence-electron chi connectivity index (χ0n) is 12.2. The van der Waals surface area contributed by atoms with Gasteiger partial charge in [0.25, 0.3) is 0 Å². The maximum absolute atomic E-state index is 10.5. The first-order valence-corrected chi connectivity index (χ1v) is 7.19. The summed E-state index contributed by atoms with van der Waals surface area (Å²) in [6.45, 7) is 3.72. The van der Waals surface area contributed by atoms with Crippen molar-refractivity contribution >= 4 is 5.69 Å². The van der Waals surface area contributed by atoms with Crippen molar-refractivity contribution in [1.82, 2.24) is 4.98 Å². The molecule has 112 valence electrons. The Hall–Kier alpha value is -1.17. The van der Waals surface area contributed by atoms with Gasteiger partial charge in [0.15, 0.2) is 0 Å². The van der Waals surface area contributed by atoms with Crippen LogP contribution in [0.5, 0.6) is 0 Å². The number of aliphatic hydroxyl groups excluding tert-OH is 1. The van der Waals surface area contributed by atoms with E-state index < -0.39 is 11.7 Å². The van der Waals surface area contributed by atoms with Crippen LogP contribution >= 0.6 is 0 Å². The molecule has 1 atom stereocenters. The van der Waals surface area contributed by atoms with Gasteiger partial charge < -0.3 is 19.8 Å². The third kappa shape index (κ3) is 3.69. The minimum Gasteiger partial charge on any atom is -0.388 e. The molecular formula is C15H24N2O3. The molecule has 2 rings (SSSR count). The molecular weight excluding hydrogens is 256 g/mol. The fourth-order valence-electron chi connectivity index (χ4n) is 2.47. The first-order chi connectivity index (χ1) is 9.54. The molecule has 0 unspecified atom stereocenters. The van der Waals surface area contributed by atoms with Crippen molar-refractivity contribution in [2.75, 3.05) is 31.7 Å². The third-order valence-corrected chi connectivity index (χ3v) is 3.89. The van der Waals surface area contributed by atoms with Gasteiger partial charge in [0.1, 0.15) is 0 Å². The second-order valence-electron chi connectivity index (χ2n) is 5.56. The molecule has 5 heteroatoms. The fraction of sp³-hybridized carbons (Fsp3) is 0.667. The van der Waals surface area contributed by atoms with Gasteiger partial charge in [-0.3, -0.25) is 4.98 Å². The lowest BCUT2D eigenvalue weighted by Gasteiger charge is -2.36. The summed E-state index contributed by atoms with van der Waals surface area (Å²) in [5.41, 5.74) is 0.945. The highest BCUT2D eigenvalue weighted by atomic mass is 16.5. The number of rotatable bonds is 5. The average molecular weight is 280 g/mol. The number of anilines is 1. The lowest BCUT2D eigenvalue weighted by Crippen LogP contribution is -2.45. The standard InChI is InChI=1S/C15H24N2O3/c1-3-14(18)13-5-4-12(10-16-13)17(2)11-15(19)6-8-20-9-7-15/h4-5,10,14,18-19H,3,6-9,11H2,1-2H3/t14-/m1/s1. The molecule has 20 heavy (non-hydrogen) atoms. The van der Waals surface area contributed by atoms with Crippen molar-refractivity contribution in [3.05, 3.63) is 24.0 Å². The van der Waals surface area contributed by atoms with Gasteiger partial charge in [0.2, 0.25) is 0 Å². The molecule has 0 radical (unpaired) electrons. The van der Waals surface area contributed by atoms with Crippen LogP contribution < -0.4 is 4.90 Å². The van der Waals surface area contributed by atoms with Gasteiger partial charge in [-0.25, -0.2) is 0 Å². The molecule has 0 amide bonds. The van der Waals surface area contributed by atoms with E-state index in [1.807, 2.05) is 31.0 Å². The molecule has 1 aromatic heterocycles. The second kappa shape index (κ2) is 6.52. The van der Waals surface area contributed by atoms with Gasteiger partial charge in [-0.2, -0.15) is 0 Å². The number of likely N-dealkylation sites (N-methyl/N-ethyl adjacent to an activating group) is 1. The highest BCUT2D eigenvalue weighted by Crippen LogP contribution is 2.24. The Morgan fingerprint density at radius 1 is 1.40 bits per heavy atom. The highest BCUT2D eigenvalue weighted by Gasteiger charge is 2.31. The molecule has 0 saturated carbocycles. The van der Waals surface area contributed by atoms with Crippen molar-refractivity contribution in [2.24, 2.45) is 0 Å². The first kappa shape index (κ1) is 15.2. The quantitative estimate of drug-likeness (QED) is 0.855. The predicted molar refractivity (Wildman–Crippen MR) is 77.8 cm³/mol. The normalized spacial score (nSPS) is 19.6. The number of aromatic nitrogens is 1. The molecule has 1 aliphatic rings. The molecule has 5 nitrogen and oxygen atoms in total. The topological polar surface area (TPSA) is 65.8 Å². The Morgan fingerprint density at radius 3 is 2.65 bits per heavy atom. The van der Waals surface area contributed by atoms with E-state index in [2.05, 4.69) is 4.98 Å². The van der Waals surface area contributed by atoms with E-state index in [9.17, 15) is 10.2 Å². The molecule has 1 aromatic rings. The Balaban J connectivity index is 2.00. The van der Waals surface area contributed by atoms with Crippen molar-refractivity contribution in [3.63, 3.8) is 0 Å². The van der Waals surface area contributed by atoms with Gasteiger partial charge in [-0.1, -0.05) is 6.92 Å². The van der Waals surface area contributed by atoms with Crippen LogP contribution in [-0.4, -0.2) is 47.6 Å². The molecule has 2 heterocycles. The van der Waals surface area contributed by atoms with Crippen molar-refractivity contribution in [3.8, 4) is 0 Å². The zero-order valence-corrected chi connectivity index (χ0v) is 12.2. The fourth-order valence-corrected chi connectivity index (χ4v) is 2.47. The van der Waals surface area contributed by atoms with Gasteiger partial charge >= 0.3 is 0 Å². The number of nitrogens with zero attached hydrogens (tertiary/aromatic N) is 2. The Bertz CT molecular complexity index is 416. The minimum atomic E-state index is -0.686. The number of ether oxygens (including phenoxy) is 1. The van der Waals surface area contributed by atoms with Crippen LogP contribution in [0.2, 0.25) is 0 Å². The summed E-state index contributed by atoms with van der Waals surface area (Å²) < 4.78 is 5.29. The third-order valence-electron chi connectivity index (χ3n) is 3.89. The van der Waals surface area contributed by atoms with Crippen molar-refractivity contribution < 1.29 is 14.9 Å². The van der Waals surface area contributed by atoms with Gasteiger partial charge in [0, 0.05) is 39.6 Å². The molecule has 0 bridgehead atoms. The lowest BCUT2D eigenvalue weighted by molar-refractivity contribution is -0.0572. The van der Waals surface area contributed by atoms with Crippen molar-refractivity contribution in [2.45, 2.75) is 37.9 Å². The first-order valence-electron chi connectivity index (χ1n) is 7.19. The number of hydrogen-bond donors (Lipinski definition) is 2. The number of aliphatic hydroxyl groups is 2. The summed E-state index contributed by atoms with van der Waals surface area (Å²) in [7, 11) is 1.94. The van der Waals surface area contributed by atoms with E-state index >= 15 is 0 Å². The van der Waals surface area contributed by atoms with Gasteiger partial charge in [-0.05, 0) is 18.6 Å². The van der Waals surface area contributed by atoms with Crippen LogP contribution in [0.4, 0.5) is 5.69 Å². The van der Waals surface area contributed by atoms with Gasteiger partial charge in [0.05, 0.1) is 29.3 Å². The SMILES string of the molecule is CC[C@@H](O)c1ccc(N(C)CC2(O)CCOCC2)cn1. The van der Waals surface area contributed by atoms with E-state index in [1.165, 1.54) is 0 Å². The van der Waals surface area contributed by atoms with Crippen LogP contribution in [-0.2, 0) is 4.74 Å². The van der Waals surface area contributed by atoms with Crippen LogP contribution in [0, 0.1) is 0 Å². The summed E-state index contributed by atoms with van der Waals surface area (Å²) in [5, 5.41) is 20.2. The average Bonchev–Trinajstić information content (AvgIpc) is 2.47. The van der Waals surface area contributed by atoms with Crippen LogP contribution in [0.25, 0.3) is 0 Å². The number of pyridine rings is 1. The Labute approximate surface area is 120 Å². The maximum Gasteiger partial charge on any atom is 0.0957 e. The molecule has 1 fully saturated rings. The Morgan fingerprint density at radius 2 is 2.10 bits per heavy atom. The van der Waals surface area contributed by atoms with E-state index in [1.54, 1.807) is 6.20 Å². The minimum absolute atomic E-state index is 0.506. The monoisotopic (exact) mass is 280 g/mol. The molecule has 1 aliphatic heterocycles. The van der Waals surface area contributed by atoms with Crippen LogP contribution in [0.3, 0.4) is 0 Å². The molecule has 1 saturated heterocycles. The predicted octanol–water partition coefficient (Wildman–Crippen LogP) is 1.50. The highest BCUT2D eigenvalue weighted by molar-refractivity contribution is 5.44. The molecule has 0 spiro atoms. The number of hydrogen-bond acceptors (Lipinski definition) is 5.